The van der Waals surface area contributed by atoms with E-state index in [1.807, 2.05) is 38.1 Å². The number of benzene rings is 2. The lowest BCUT2D eigenvalue weighted by molar-refractivity contribution is -0.140. The molecule has 36 heavy (non-hydrogen) atoms. The normalized spacial score (nSPS) is 15.2. The molecule has 3 rings (SSSR count). The lowest BCUT2D eigenvalue weighted by Crippen LogP contribution is -2.53. The molecule has 1 atom stereocenters. The second kappa shape index (κ2) is 12.6. The van der Waals surface area contributed by atoms with Gasteiger partial charge < -0.3 is 10.2 Å². The zero-order valence-corrected chi connectivity index (χ0v) is 22.8. The van der Waals surface area contributed by atoms with E-state index in [4.69, 9.17) is 11.6 Å². The summed E-state index contributed by atoms with van der Waals surface area (Å²) in [6.07, 6.45) is 6.69. The number of anilines is 1. The molecule has 1 aliphatic rings. The Hall–Kier alpha value is -2.58. The van der Waals surface area contributed by atoms with E-state index in [1.165, 1.54) is 11.3 Å². The molecule has 7 nitrogen and oxygen atoms in total. The number of nitrogens with one attached hydrogen (secondary N) is 1. The van der Waals surface area contributed by atoms with Crippen molar-refractivity contribution in [2.75, 3.05) is 17.1 Å². The summed E-state index contributed by atoms with van der Waals surface area (Å²) in [5, 5.41) is 3.61. The van der Waals surface area contributed by atoms with E-state index >= 15 is 0 Å². The molecule has 1 saturated carbocycles. The summed E-state index contributed by atoms with van der Waals surface area (Å²) in [6.45, 7) is 3.62. The van der Waals surface area contributed by atoms with Gasteiger partial charge in [0, 0.05) is 17.6 Å². The lowest BCUT2D eigenvalue weighted by Gasteiger charge is -2.34. The van der Waals surface area contributed by atoms with Crippen molar-refractivity contribution in [3.63, 3.8) is 0 Å². The molecule has 0 radical (unpaired) electrons. The molecule has 0 saturated heterocycles. The first-order valence-corrected chi connectivity index (χ1v) is 14.7. The summed E-state index contributed by atoms with van der Waals surface area (Å²) in [5.41, 5.74) is 2.26. The number of sulfonamides is 1. The highest BCUT2D eigenvalue weighted by Crippen LogP contribution is 2.23. The largest absolute Gasteiger partial charge is 0.352 e. The van der Waals surface area contributed by atoms with E-state index in [2.05, 4.69) is 5.32 Å². The second-order valence-electron chi connectivity index (χ2n) is 9.52. The molecule has 2 amide bonds. The first kappa shape index (κ1) is 28.0. The summed E-state index contributed by atoms with van der Waals surface area (Å²) in [5.74, 6) is -0.634. The Balaban J connectivity index is 1.90. The Kier molecular flexibility index (Phi) is 9.79. The van der Waals surface area contributed by atoms with Crippen LogP contribution in [-0.4, -0.2) is 50.0 Å². The van der Waals surface area contributed by atoms with Gasteiger partial charge in [0.05, 0.1) is 11.9 Å². The number of carbonyl (C=O) groups excluding carboxylic acids is 2. The molecule has 1 N–H and O–H groups in total. The van der Waals surface area contributed by atoms with Gasteiger partial charge in [0.1, 0.15) is 12.6 Å². The number of halogens is 1. The third kappa shape index (κ3) is 7.71. The van der Waals surface area contributed by atoms with E-state index in [9.17, 15) is 18.0 Å². The van der Waals surface area contributed by atoms with E-state index in [-0.39, 0.29) is 18.5 Å². The first-order valence-electron chi connectivity index (χ1n) is 12.5. The van der Waals surface area contributed by atoms with Gasteiger partial charge in [-0.25, -0.2) is 8.42 Å². The molecule has 0 unspecified atom stereocenters. The number of carbonyl (C=O) groups is 2. The van der Waals surface area contributed by atoms with Gasteiger partial charge in [-0.05, 0) is 56.0 Å². The van der Waals surface area contributed by atoms with Crippen LogP contribution in [0.3, 0.4) is 0 Å². The number of nitrogens with zero attached hydrogens (tertiary/aromatic N) is 2. The van der Waals surface area contributed by atoms with Gasteiger partial charge in [0.2, 0.25) is 21.8 Å². The quantitative estimate of drug-likeness (QED) is 0.481. The third-order valence-electron chi connectivity index (χ3n) is 6.57. The van der Waals surface area contributed by atoms with Crippen LogP contribution in [-0.2, 0) is 26.2 Å². The minimum atomic E-state index is -3.77. The molecule has 0 spiro atoms. The van der Waals surface area contributed by atoms with Crippen LogP contribution in [0.4, 0.5) is 5.69 Å². The van der Waals surface area contributed by atoms with Crippen LogP contribution in [0.2, 0.25) is 5.02 Å². The van der Waals surface area contributed by atoms with E-state index in [0.717, 1.165) is 47.4 Å². The Bertz CT molecular complexity index is 1150. The topological polar surface area (TPSA) is 86.8 Å². The molecular formula is C27H36ClN3O4S. The fraction of sp³-hybridized carbons (Fsp3) is 0.481. The van der Waals surface area contributed by atoms with Crippen LogP contribution in [0.15, 0.2) is 48.5 Å². The van der Waals surface area contributed by atoms with Crippen molar-refractivity contribution in [2.24, 2.45) is 0 Å². The summed E-state index contributed by atoms with van der Waals surface area (Å²) < 4.78 is 26.4. The van der Waals surface area contributed by atoms with E-state index in [1.54, 1.807) is 24.3 Å². The van der Waals surface area contributed by atoms with Gasteiger partial charge in [-0.15, -0.1) is 0 Å². The average molecular weight is 534 g/mol. The average Bonchev–Trinajstić information content (AvgIpc) is 2.83. The predicted octanol–water partition coefficient (Wildman–Crippen LogP) is 4.67. The standard InChI is InChI=1S/C27H36ClN3O4S/c1-4-25(27(33)29-23-11-6-5-7-12-23)30(18-21-10-8-9-20(2)17-21)26(32)19-31(36(3,34)35)24-15-13-22(28)14-16-24/h8-10,13-17,23,25H,4-7,11-12,18-19H2,1-3H3,(H,29,33)/t25-/m1/s1. The maximum atomic E-state index is 13.7. The summed E-state index contributed by atoms with van der Waals surface area (Å²) in [4.78, 5) is 28.6. The van der Waals surface area contributed by atoms with Gasteiger partial charge in [-0.1, -0.05) is 67.6 Å². The van der Waals surface area contributed by atoms with Crippen LogP contribution < -0.4 is 9.62 Å². The van der Waals surface area contributed by atoms with Crippen molar-refractivity contribution in [1.82, 2.24) is 10.2 Å². The number of amides is 2. The molecule has 0 bridgehead atoms. The molecular weight excluding hydrogens is 498 g/mol. The Morgan fingerprint density at radius 2 is 1.75 bits per heavy atom. The van der Waals surface area contributed by atoms with Crippen LogP contribution in [0.25, 0.3) is 0 Å². The van der Waals surface area contributed by atoms with Crippen molar-refractivity contribution in [3.8, 4) is 0 Å². The minimum Gasteiger partial charge on any atom is -0.352 e. The second-order valence-corrected chi connectivity index (χ2v) is 11.9. The predicted molar refractivity (Wildman–Crippen MR) is 144 cm³/mol. The van der Waals surface area contributed by atoms with Crippen molar-refractivity contribution in [2.45, 2.75) is 71.0 Å². The number of rotatable bonds is 10. The fourth-order valence-electron chi connectivity index (χ4n) is 4.69. The lowest BCUT2D eigenvalue weighted by atomic mass is 9.95. The van der Waals surface area contributed by atoms with Crippen molar-refractivity contribution >= 4 is 39.1 Å². The molecule has 2 aromatic carbocycles. The molecule has 0 aliphatic heterocycles. The molecule has 2 aromatic rings. The van der Waals surface area contributed by atoms with Gasteiger partial charge in [0.15, 0.2) is 0 Å². The Labute approximate surface area is 219 Å². The van der Waals surface area contributed by atoms with Crippen LogP contribution in [0.1, 0.15) is 56.6 Å². The van der Waals surface area contributed by atoms with Crippen LogP contribution in [0.5, 0.6) is 0 Å². The molecule has 0 heterocycles. The van der Waals surface area contributed by atoms with Crippen molar-refractivity contribution in [1.29, 1.82) is 0 Å². The van der Waals surface area contributed by atoms with Crippen molar-refractivity contribution in [3.05, 3.63) is 64.7 Å². The number of hydrogen-bond donors (Lipinski definition) is 1. The monoisotopic (exact) mass is 533 g/mol. The summed E-state index contributed by atoms with van der Waals surface area (Å²) in [7, 11) is -3.77. The summed E-state index contributed by atoms with van der Waals surface area (Å²) in [6, 6.07) is 13.4. The molecule has 196 valence electrons. The van der Waals surface area contributed by atoms with Gasteiger partial charge in [-0.2, -0.15) is 0 Å². The molecule has 1 fully saturated rings. The number of aryl methyl sites for hydroxylation is 1. The smallest absolute Gasteiger partial charge is 0.244 e. The highest BCUT2D eigenvalue weighted by atomic mass is 35.5. The SMILES string of the molecule is CC[C@H](C(=O)NC1CCCCC1)N(Cc1cccc(C)c1)C(=O)CN(c1ccc(Cl)cc1)S(C)(=O)=O. The van der Waals surface area contributed by atoms with Crippen LogP contribution >= 0.6 is 11.6 Å². The highest BCUT2D eigenvalue weighted by Gasteiger charge is 2.32. The van der Waals surface area contributed by atoms with Gasteiger partial charge in [0.25, 0.3) is 0 Å². The first-order chi connectivity index (χ1) is 17.1. The minimum absolute atomic E-state index is 0.109. The van der Waals surface area contributed by atoms with Crippen LogP contribution in [0, 0.1) is 6.92 Å². The Morgan fingerprint density at radius 3 is 2.33 bits per heavy atom. The van der Waals surface area contributed by atoms with Gasteiger partial charge >= 0.3 is 0 Å². The Morgan fingerprint density at radius 1 is 1.08 bits per heavy atom. The highest BCUT2D eigenvalue weighted by molar-refractivity contribution is 7.92. The zero-order valence-electron chi connectivity index (χ0n) is 21.2. The maximum absolute atomic E-state index is 13.7. The van der Waals surface area contributed by atoms with E-state index in [0.29, 0.717) is 17.1 Å². The maximum Gasteiger partial charge on any atom is 0.244 e. The zero-order chi connectivity index (χ0) is 26.3. The third-order valence-corrected chi connectivity index (χ3v) is 7.96. The molecule has 1 aliphatic carbocycles. The fourth-order valence-corrected chi connectivity index (χ4v) is 5.67. The van der Waals surface area contributed by atoms with Gasteiger partial charge in [-0.3, -0.25) is 13.9 Å². The van der Waals surface area contributed by atoms with Crippen molar-refractivity contribution < 1.29 is 18.0 Å². The van der Waals surface area contributed by atoms with E-state index < -0.39 is 28.5 Å². The molecule has 9 heteroatoms. The summed E-state index contributed by atoms with van der Waals surface area (Å²) >= 11 is 5.98. The molecule has 0 aromatic heterocycles. The number of hydrogen-bond acceptors (Lipinski definition) is 4.